The predicted molar refractivity (Wildman–Crippen MR) is 106 cm³/mol. The third-order valence-corrected chi connectivity index (χ3v) is 5.70. The van der Waals surface area contributed by atoms with Crippen molar-refractivity contribution in [3.05, 3.63) is 52.0 Å². The molecule has 0 spiro atoms. The number of hydrogen-bond acceptors (Lipinski definition) is 4. The third-order valence-electron chi connectivity index (χ3n) is 4.96. The fourth-order valence-corrected chi connectivity index (χ4v) is 3.67. The van der Waals surface area contributed by atoms with Crippen LogP contribution in [0.2, 0.25) is 10.0 Å². The highest BCUT2D eigenvalue weighted by molar-refractivity contribution is 6.42. The van der Waals surface area contributed by atoms with Crippen LogP contribution in [0.4, 0.5) is 5.69 Å². The van der Waals surface area contributed by atoms with Crippen molar-refractivity contribution >= 4 is 40.7 Å². The normalized spacial score (nSPS) is 16.1. The molecule has 0 aliphatic carbocycles. The van der Waals surface area contributed by atoms with Crippen LogP contribution < -0.4 is 14.8 Å². The minimum Gasteiger partial charge on any atom is -0.454 e. The monoisotopic (exact) mass is 420 g/mol. The number of benzene rings is 2. The number of fused-ring (bicyclic) bond motifs is 1. The van der Waals surface area contributed by atoms with Crippen molar-refractivity contribution < 1.29 is 19.1 Å². The van der Waals surface area contributed by atoms with Gasteiger partial charge in [0.25, 0.3) is 5.91 Å². The zero-order chi connectivity index (χ0) is 19.7. The van der Waals surface area contributed by atoms with Crippen LogP contribution in [0.1, 0.15) is 23.2 Å². The van der Waals surface area contributed by atoms with Gasteiger partial charge in [0.2, 0.25) is 12.7 Å². The maximum absolute atomic E-state index is 12.6. The zero-order valence-electron chi connectivity index (χ0n) is 14.9. The predicted octanol–water partition coefficient (Wildman–Crippen LogP) is 4.21. The van der Waals surface area contributed by atoms with Gasteiger partial charge in [0, 0.05) is 36.3 Å². The van der Waals surface area contributed by atoms with Crippen molar-refractivity contribution in [3.8, 4) is 11.5 Å². The summed E-state index contributed by atoms with van der Waals surface area (Å²) >= 11 is 11.9. The molecule has 2 heterocycles. The smallest absolute Gasteiger partial charge is 0.253 e. The molecule has 28 heavy (non-hydrogen) atoms. The van der Waals surface area contributed by atoms with Crippen LogP contribution in [0.25, 0.3) is 0 Å². The number of nitrogens with zero attached hydrogens (tertiary/aromatic N) is 1. The Morgan fingerprint density at radius 2 is 1.71 bits per heavy atom. The fourth-order valence-electron chi connectivity index (χ4n) is 3.38. The van der Waals surface area contributed by atoms with Crippen molar-refractivity contribution in [2.75, 3.05) is 25.2 Å². The van der Waals surface area contributed by atoms with Gasteiger partial charge in [-0.3, -0.25) is 9.59 Å². The Bertz CT molecular complexity index is 926. The minimum absolute atomic E-state index is 0.0551. The Morgan fingerprint density at radius 3 is 2.46 bits per heavy atom. The van der Waals surface area contributed by atoms with E-state index in [4.69, 9.17) is 32.7 Å². The maximum atomic E-state index is 12.6. The first-order valence-electron chi connectivity index (χ1n) is 8.96. The lowest BCUT2D eigenvalue weighted by molar-refractivity contribution is -0.121. The molecule has 0 aromatic heterocycles. The molecule has 0 bridgehead atoms. The molecule has 2 aromatic rings. The molecule has 0 saturated carbocycles. The van der Waals surface area contributed by atoms with Crippen molar-refractivity contribution in [3.63, 3.8) is 0 Å². The number of hydrogen-bond donors (Lipinski definition) is 1. The van der Waals surface area contributed by atoms with Crippen LogP contribution in [0.3, 0.4) is 0 Å². The number of carbonyl (C=O) groups excluding carboxylic acids is 2. The van der Waals surface area contributed by atoms with E-state index in [9.17, 15) is 9.59 Å². The van der Waals surface area contributed by atoms with Crippen LogP contribution in [0.5, 0.6) is 11.5 Å². The second-order valence-corrected chi connectivity index (χ2v) is 7.57. The topological polar surface area (TPSA) is 67.9 Å². The van der Waals surface area contributed by atoms with E-state index in [1.807, 2.05) is 0 Å². The number of likely N-dealkylation sites (tertiary alicyclic amines) is 1. The van der Waals surface area contributed by atoms with Gasteiger partial charge in [-0.05, 0) is 43.2 Å². The summed E-state index contributed by atoms with van der Waals surface area (Å²) in [5.41, 5.74) is 1.17. The lowest BCUT2D eigenvalue weighted by Crippen LogP contribution is -2.41. The number of nitrogens with one attached hydrogen (secondary N) is 1. The standard InChI is InChI=1S/C20H18Cl2N2O4/c21-15-3-1-13(9-16(15)22)20(26)24-7-5-12(6-8-24)19(25)23-14-2-4-17-18(10-14)28-11-27-17/h1-4,9-10,12H,5-8,11H2,(H,23,25). The van der Waals surface area contributed by atoms with E-state index in [1.54, 1.807) is 41.3 Å². The zero-order valence-corrected chi connectivity index (χ0v) is 16.4. The molecule has 4 rings (SSSR count). The van der Waals surface area contributed by atoms with Gasteiger partial charge in [-0.15, -0.1) is 0 Å². The van der Waals surface area contributed by atoms with E-state index < -0.39 is 0 Å². The van der Waals surface area contributed by atoms with E-state index in [2.05, 4.69) is 5.32 Å². The first-order chi connectivity index (χ1) is 13.5. The van der Waals surface area contributed by atoms with Gasteiger partial charge in [-0.2, -0.15) is 0 Å². The SMILES string of the molecule is O=C(Nc1ccc2c(c1)OCO2)C1CCN(C(=O)c2ccc(Cl)c(Cl)c2)CC1. The number of piperidine rings is 1. The van der Waals surface area contributed by atoms with Crippen LogP contribution in [-0.2, 0) is 4.79 Å². The van der Waals surface area contributed by atoms with Crippen LogP contribution >= 0.6 is 23.2 Å². The summed E-state index contributed by atoms with van der Waals surface area (Å²) < 4.78 is 10.6. The van der Waals surface area contributed by atoms with Gasteiger partial charge >= 0.3 is 0 Å². The molecular weight excluding hydrogens is 403 g/mol. The number of ether oxygens (including phenoxy) is 2. The summed E-state index contributed by atoms with van der Waals surface area (Å²) in [6.45, 7) is 1.22. The highest BCUT2D eigenvalue weighted by Gasteiger charge is 2.28. The number of anilines is 1. The Kier molecular flexibility index (Phi) is 5.33. The summed E-state index contributed by atoms with van der Waals surface area (Å²) in [6.07, 6.45) is 1.20. The largest absolute Gasteiger partial charge is 0.454 e. The van der Waals surface area contributed by atoms with Gasteiger partial charge < -0.3 is 19.7 Å². The number of halogens is 2. The Labute approximate surface area is 172 Å². The second-order valence-electron chi connectivity index (χ2n) is 6.75. The molecule has 0 unspecified atom stereocenters. The summed E-state index contributed by atoms with van der Waals surface area (Å²) in [5, 5.41) is 3.69. The van der Waals surface area contributed by atoms with Gasteiger partial charge in [0.15, 0.2) is 11.5 Å². The molecule has 8 heteroatoms. The summed E-state index contributed by atoms with van der Waals surface area (Å²) in [5.74, 6) is 0.990. The lowest BCUT2D eigenvalue weighted by atomic mass is 9.95. The van der Waals surface area contributed by atoms with Crippen LogP contribution in [0.15, 0.2) is 36.4 Å². The Morgan fingerprint density at radius 1 is 0.964 bits per heavy atom. The lowest BCUT2D eigenvalue weighted by Gasteiger charge is -2.31. The molecule has 2 aliphatic heterocycles. The van der Waals surface area contributed by atoms with E-state index in [0.29, 0.717) is 58.7 Å². The average molecular weight is 421 g/mol. The third kappa shape index (κ3) is 3.88. The minimum atomic E-state index is -0.150. The Balaban J connectivity index is 1.33. The quantitative estimate of drug-likeness (QED) is 0.806. The molecule has 1 N–H and O–H groups in total. The number of carbonyl (C=O) groups is 2. The molecule has 2 aliphatic rings. The van der Waals surface area contributed by atoms with E-state index in [-0.39, 0.29) is 24.5 Å². The molecule has 146 valence electrons. The molecule has 6 nitrogen and oxygen atoms in total. The van der Waals surface area contributed by atoms with Gasteiger partial charge in [-0.25, -0.2) is 0 Å². The number of rotatable bonds is 3. The first-order valence-corrected chi connectivity index (χ1v) is 9.72. The highest BCUT2D eigenvalue weighted by Crippen LogP contribution is 2.34. The van der Waals surface area contributed by atoms with Crippen molar-refractivity contribution in [2.24, 2.45) is 5.92 Å². The number of amides is 2. The van der Waals surface area contributed by atoms with Crippen LogP contribution in [0, 0.1) is 5.92 Å². The first kappa shape index (κ1) is 18.9. The van der Waals surface area contributed by atoms with Gasteiger partial charge in [0.05, 0.1) is 10.0 Å². The summed E-state index contributed by atoms with van der Waals surface area (Å²) in [6, 6.07) is 10.2. The highest BCUT2D eigenvalue weighted by atomic mass is 35.5. The van der Waals surface area contributed by atoms with Gasteiger partial charge in [0.1, 0.15) is 0 Å². The van der Waals surface area contributed by atoms with E-state index >= 15 is 0 Å². The summed E-state index contributed by atoms with van der Waals surface area (Å²) in [4.78, 5) is 27.0. The second kappa shape index (κ2) is 7.89. The maximum Gasteiger partial charge on any atom is 0.253 e. The summed E-state index contributed by atoms with van der Waals surface area (Å²) in [7, 11) is 0. The van der Waals surface area contributed by atoms with E-state index in [0.717, 1.165) is 0 Å². The van der Waals surface area contributed by atoms with Crippen molar-refractivity contribution in [2.45, 2.75) is 12.8 Å². The molecule has 0 radical (unpaired) electrons. The Hall–Kier alpha value is -2.44. The molecule has 1 fully saturated rings. The van der Waals surface area contributed by atoms with Crippen LogP contribution in [-0.4, -0.2) is 36.6 Å². The van der Waals surface area contributed by atoms with Gasteiger partial charge in [-0.1, -0.05) is 23.2 Å². The van der Waals surface area contributed by atoms with E-state index in [1.165, 1.54) is 0 Å². The molecule has 2 amide bonds. The van der Waals surface area contributed by atoms with Crippen molar-refractivity contribution in [1.29, 1.82) is 0 Å². The molecular formula is C20H18Cl2N2O4. The molecule has 0 atom stereocenters. The molecule has 1 saturated heterocycles. The average Bonchev–Trinajstić information content (AvgIpc) is 3.17. The van der Waals surface area contributed by atoms with Crippen molar-refractivity contribution in [1.82, 2.24) is 4.90 Å². The molecule has 2 aromatic carbocycles. The fraction of sp³-hybridized carbons (Fsp3) is 0.300.